The molecule has 0 bridgehead atoms. The van der Waals surface area contributed by atoms with E-state index < -0.39 is 11.7 Å². The van der Waals surface area contributed by atoms with Crippen LogP contribution in [-0.2, 0) is 11.0 Å². The normalized spacial score (nSPS) is 20.2. The molecule has 23 heavy (non-hydrogen) atoms. The number of rotatable bonds is 4. The molecule has 1 aromatic carbocycles. The van der Waals surface area contributed by atoms with E-state index in [0.29, 0.717) is 13.1 Å². The molecule has 0 radical (unpaired) electrons. The Balaban J connectivity index is 1.92. The molecule has 0 aromatic heterocycles. The van der Waals surface area contributed by atoms with Gasteiger partial charge in [-0.15, -0.1) is 0 Å². The van der Waals surface area contributed by atoms with Crippen molar-refractivity contribution in [3.05, 3.63) is 29.8 Å². The van der Waals surface area contributed by atoms with Crippen LogP contribution < -0.4 is 10.5 Å². The topological polar surface area (TPSA) is 55.6 Å². The number of hydrogen-bond donors (Lipinski definition) is 1. The number of likely N-dealkylation sites (tertiary alicyclic amines) is 1. The van der Waals surface area contributed by atoms with Crippen LogP contribution in [0.5, 0.6) is 5.75 Å². The Morgan fingerprint density at radius 1 is 1.48 bits per heavy atom. The van der Waals surface area contributed by atoms with Crippen LogP contribution in [0.3, 0.4) is 0 Å². The molecule has 128 valence electrons. The van der Waals surface area contributed by atoms with Crippen LogP contribution in [0.2, 0.25) is 0 Å². The van der Waals surface area contributed by atoms with Crippen molar-refractivity contribution < 1.29 is 22.7 Å². The van der Waals surface area contributed by atoms with Gasteiger partial charge in [0.15, 0.2) is 6.61 Å². The number of nitrogens with two attached hydrogens (primary N) is 1. The lowest BCUT2D eigenvalue weighted by atomic mass is 9.92. The zero-order valence-corrected chi connectivity index (χ0v) is 13.0. The van der Waals surface area contributed by atoms with Crippen molar-refractivity contribution in [3.8, 4) is 5.75 Å². The molecule has 1 saturated heterocycles. The van der Waals surface area contributed by atoms with Gasteiger partial charge in [-0.05, 0) is 43.9 Å². The van der Waals surface area contributed by atoms with Gasteiger partial charge in [-0.3, -0.25) is 4.79 Å². The first-order valence-corrected chi connectivity index (χ1v) is 7.61. The van der Waals surface area contributed by atoms with E-state index in [1.54, 1.807) is 4.90 Å². The van der Waals surface area contributed by atoms with Gasteiger partial charge in [0.1, 0.15) is 5.75 Å². The number of amides is 1. The number of benzene rings is 1. The number of carbonyl (C=O) groups excluding carboxylic acids is 1. The molecule has 0 spiro atoms. The summed E-state index contributed by atoms with van der Waals surface area (Å²) in [6.07, 6.45) is -2.57. The molecule has 1 fully saturated rings. The first kappa shape index (κ1) is 17.6. The Kier molecular flexibility index (Phi) is 5.51. The molecule has 7 heteroatoms. The SMILES string of the molecule is C[C@@H](N)[C@@H]1CCCN(C(=O)COc2cccc(C(F)(F)F)c2)C1. The maximum Gasteiger partial charge on any atom is 0.416 e. The van der Waals surface area contributed by atoms with Crippen LogP contribution in [0.4, 0.5) is 13.2 Å². The zero-order valence-electron chi connectivity index (χ0n) is 13.0. The second-order valence-electron chi connectivity index (χ2n) is 5.92. The molecule has 0 saturated carbocycles. The number of halogens is 3. The summed E-state index contributed by atoms with van der Waals surface area (Å²) >= 11 is 0. The Morgan fingerprint density at radius 3 is 2.87 bits per heavy atom. The minimum Gasteiger partial charge on any atom is -0.484 e. The fourth-order valence-electron chi connectivity index (χ4n) is 2.66. The van der Waals surface area contributed by atoms with Crippen molar-refractivity contribution in [2.24, 2.45) is 11.7 Å². The van der Waals surface area contributed by atoms with E-state index in [0.717, 1.165) is 25.0 Å². The van der Waals surface area contributed by atoms with E-state index in [-0.39, 0.29) is 30.2 Å². The van der Waals surface area contributed by atoms with Gasteiger partial charge >= 0.3 is 6.18 Å². The summed E-state index contributed by atoms with van der Waals surface area (Å²) in [7, 11) is 0. The summed E-state index contributed by atoms with van der Waals surface area (Å²) in [5, 5.41) is 0. The third-order valence-corrected chi connectivity index (χ3v) is 4.08. The summed E-state index contributed by atoms with van der Waals surface area (Å²) in [6.45, 7) is 2.85. The third kappa shape index (κ3) is 4.86. The van der Waals surface area contributed by atoms with Gasteiger partial charge in [0.05, 0.1) is 5.56 Å². The van der Waals surface area contributed by atoms with Gasteiger partial charge in [-0.1, -0.05) is 6.07 Å². The number of alkyl halides is 3. The van der Waals surface area contributed by atoms with Gasteiger partial charge in [0.2, 0.25) is 0 Å². The minimum atomic E-state index is -4.43. The van der Waals surface area contributed by atoms with Gasteiger partial charge in [-0.2, -0.15) is 13.2 Å². The fraction of sp³-hybridized carbons (Fsp3) is 0.562. The average Bonchev–Trinajstić information content (AvgIpc) is 2.52. The van der Waals surface area contributed by atoms with Gasteiger partial charge in [-0.25, -0.2) is 0 Å². The number of hydrogen-bond acceptors (Lipinski definition) is 3. The summed E-state index contributed by atoms with van der Waals surface area (Å²) in [5.41, 5.74) is 5.08. The molecule has 0 unspecified atom stereocenters. The Morgan fingerprint density at radius 2 is 2.22 bits per heavy atom. The maximum atomic E-state index is 12.6. The summed E-state index contributed by atoms with van der Waals surface area (Å²) in [4.78, 5) is 13.8. The van der Waals surface area contributed by atoms with Crippen molar-refractivity contribution in [1.29, 1.82) is 0 Å². The van der Waals surface area contributed by atoms with Crippen molar-refractivity contribution in [2.75, 3.05) is 19.7 Å². The van der Waals surface area contributed by atoms with Crippen molar-refractivity contribution in [3.63, 3.8) is 0 Å². The van der Waals surface area contributed by atoms with Crippen molar-refractivity contribution in [1.82, 2.24) is 4.90 Å². The quantitative estimate of drug-likeness (QED) is 0.923. The summed E-state index contributed by atoms with van der Waals surface area (Å²) < 4.78 is 43.1. The van der Waals surface area contributed by atoms with Crippen LogP contribution in [0.1, 0.15) is 25.3 Å². The van der Waals surface area contributed by atoms with Crippen LogP contribution in [0, 0.1) is 5.92 Å². The van der Waals surface area contributed by atoms with E-state index in [2.05, 4.69) is 0 Å². The highest BCUT2D eigenvalue weighted by Gasteiger charge is 2.31. The second-order valence-corrected chi connectivity index (χ2v) is 5.92. The Bertz CT molecular complexity index is 546. The first-order chi connectivity index (χ1) is 10.8. The van der Waals surface area contributed by atoms with Crippen molar-refractivity contribution >= 4 is 5.91 Å². The van der Waals surface area contributed by atoms with E-state index in [4.69, 9.17) is 10.5 Å². The van der Waals surface area contributed by atoms with Gasteiger partial charge < -0.3 is 15.4 Å². The van der Waals surface area contributed by atoms with E-state index >= 15 is 0 Å². The van der Waals surface area contributed by atoms with Gasteiger partial charge in [0.25, 0.3) is 5.91 Å². The summed E-state index contributed by atoms with van der Waals surface area (Å²) in [6, 6.07) is 4.54. The average molecular weight is 330 g/mol. The highest BCUT2D eigenvalue weighted by atomic mass is 19.4. The molecule has 1 heterocycles. The van der Waals surface area contributed by atoms with Crippen LogP contribution in [-0.4, -0.2) is 36.5 Å². The minimum absolute atomic E-state index is 0.00925. The Labute approximate surface area is 133 Å². The zero-order chi connectivity index (χ0) is 17.0. The number of ether oxygens (including phenoxy) is 1. The number of nitrogens with zero attached hydrogens (tertiary/aromatic N) is 1. The molecule has 1 aliphatic rings. The van der Waals surface area contributed by atoms with Crippen LogP contribution in [0.25, 0.3) is 0 Å². The van der Waals surface area contributed by atoms with E-state index in [1.807, 2.05) is 6.92 Å². The molecule has 2 N–H and O–H groups in total. The molecule has 2 rings (SSSR count). The lowest BCUT2D eigenvalue weighted by Crippen LogP contribution is -2.46. The third-order valence-electron chi connectivity index (χ3n) is 4.08. The lowest BCUT2D eigenvalue weighted by molar-refractivity contribution is -0.137. The highest BCUT2D eigenvalue weighted by molar-refractivity contribution is 5.77. The molecule has 1 aromatic rings. The number of piperidine rings is 1. The smallest absolute Gasteiger partial charge is 0.416 e. The molecule has 4 nitrogen and oxygen atoms in total. The van der Waals surface area contributed by atoms with Gasteiger partial charge in [0, 0.05) is 19.1 Å². The standard InChI is InChI=1S/C16H21F3N2O2/c1-11(20)12-4-3-7-21(9-12)15(22)10-23-14-6-2-5-13(8-14)16(17,18)19/h2,5-6,8,11-12H,3-4,7,9-10,20H2,1H3/t11-,12-/m1/s1. The molecule has 1 amide bonds. The fourth-order valence-corrected chi connectivity index (χ4v) is 2.66. The summed E-state index contributed by atoms with van der Waals surface area (Å²) in [5.74, 6) is 0.0583. The highest BCUT2D eigenvalue weighted by Crippen LogP contribution is 2.31. The molecular formula is C16H21F3N2O2. The van der Waals surface area contributed by atoms with Crippen LogP contribution >= 0.6 is 0 Å². The predicted octanol–water partition coefficient (Wildman–Crippen LogP) is 2.67. The lowest BCUT2D eigenvalue weighted by Gasteiger charge is -2.34. The second kappa shape index (κ2) is 7.21. The Hall–Kier alpha value is -1.76. The monoisotopic (exact) mass is 330 g/mol. The van der Waals surface area contributed by atoms with E-state index in [1.165, 1.54) is 12.1 Å². The largest absolute Gasteiger partial charge is 0.484 e. The van der Waals surface area contributed by atoms with E-state index in [9.17, 15) is 18.0 Å². The number of carbonyl (C=O) groups is 1. The first-order valence-electron chi connectivity index (χ1n) is 7.61. The van der Waals surface area contributed by atoms with Crippen molar-refractivity contribution in [2.45, 2.75) is 32.0 Å². The molecular weight excluding hydrogens is 309 g/mol. The molecule has 2 atom stereocenters. The maximum absolute atomic E-state index is 12.6. The molecule has 1 aliphatic heterocycles. The van der Waals surface area contributed by atoms with Crippen LogP contribution in [0.15, 0.2) is 24.3 Å². The molecule has 0 aliphatic carbocycles. The predicted molar refractivity (Wildman–Crippen MR) is 79.9 cm³/mol.